The van der Waals surface area contributed by atoms with Crippen LogP contribution in [0.3, 0.4) is 0 Å². The molecule has 2 fully saturated rings. The number of carbonyl (C=O) groups excluding carboxylic acids is 1. The van der Waals surface area contributed by atoms with E-state index >= 15 is 0 Å². The third-order valence-electron chi connectivity index (χ3n) is 11.0. The number of carbonyl (C=O) groups is 1. The quantitative estimate of drug-likeness (QED) is 0.307. The second-order valence-electron chi connectivity index (χ2n) is 14.5. The van der Waals surface area contributed by atoms with E-state index in [9.17, 15) is 4.79 Å². The predicted octanol–water partition coefficient (Wildman–Crippen LogP) is 10.3. The molecule has 3 heteroatoms. The molecule has 2 aromatic rings. The Bertz CT molecular complexity index is 1480. The Morgan fingerprint density at radius 3 is 2.41 bits per heavy atom. The summed E-state index contributed by atoms with van der Waals surface area (Å²) in [5.41, 5.74) is 8.54. The molecule has 4 atom stereocenters. The van der Waals surface area contributed by atoms with Crippen molar-refractivity contribution in [3.63, 3.8) is 0 Å². The van der Waals surface area contributed by atoms with E-state index in [1.54, 1.807) is 6.08 Å². The summed E-state index contributed by atoms with van der Waals surface area (Å²) in [4.78, 5) is 18.7. The minimum absolute atomic E-state index is 0.167. The number of allylic oxidation sites excluding steroid dienone is 6. The van der Waals surface area contributed by atoms with Gasteiger partial charge in [-0.05, 0) is 96.4 Å². The van der Waals surface area contributed by atoms with Crippen LogP contribution in [0.15, 0.2) is 88.6 Å². The molecule has 0 spiro atoms. The van der Waals surface area contributed by atoms with E-state index in [1.807, 2.05) is 25.1 Å². The summed E-state index contributed by atoms with van der Waals surface area (Å²) in [7, 11) is 0. The third-order valence-corrected chi connectivity index (χ3v) is 11.0. The molecule has 1 heterocycles. The fourth-order valence-electron chi connectivity index (χ4n) is 8.06. The lowest BCUT2D eigenvalue weighted by Gasteiger charge is -2.32. The molecule has 4 aliphatic rings. The van der Waals surface area contributed by atoms with Crippen molar-refractivity contribution in [2.75, 3.05) is 6.61 Å². The molecule has 0 aromatic heterocycles. The maximum atomic E-state index is 13.1. The first-order valence-corrected chi connectivity index (χ1v) is 17.3. The second-order valence-corrected chi connectivity index (χ2v) is 14.5. The molecule has 3 nitrogen and oxygen atoms in total. The van der Waals surface area contributed by atoms with Gasteiger partial charge in [-0.3, -0.25) is 9.79 Å². The minimum Gasteiger partial charge on any atom is -0.494 e. The molecule has 1 aliphatic heterocycles. The van der Waals surface area contributed by atoms with Crippen LogP contribution in [0.5, 0.6) is 5.75 Å². The highest BCUT2D eigenvalue weighted by atomic mass is 16.5. The van der Waals surface area contributed by atoms with Crippen molar-refractivity contribution in [3.05, 3.63) is 100 Å². The summed E-state index contributed by atoms with van der Waals surface area (Å²) >= 11 is 0. The van der Waals surface area contributed by atoms with Crippen LogP contribution in [0, 0.1) is 23.2 Å². The molecule has 2 saturated carbocycles. The van der Waals surface area contributed by atoms with Crippen molar-refractivity contribution >= 4 is 11.5 Å². The molecule has 6 rings (SSSR count). The van der Waals surface area contributed by atoms with Gasteiger partial charge < -0.3 is 4.74 Å². The highest BCUT2D eigenvalue weighted by Gasteiger charge is 2.43. The molecule has 0 N–H and O–H groups in total. The van der Waals surface area contributed by atoms with Gasteiger partial charge in [0.25, 0.3) is 0 Å². The molecular weight excluding hydrogens is 538 g/mol. The highest BCUT2D eigenvalue weighted by Crippen LogP contribution is 2.51. The fourth-order valence-corrected chi connectivity index (χ4v) is 8.06. The lowest BCUT2D eigenvalue weighted by atomic mass is 9.73. The number of para-hydroxylation sites is 1. The van der Waals surface area contributed by atoms with Gasteiger partial charge in [-0.2, -0.15) is 0 Å². The summed E-state index contributed by atoms with van der Waals surface area (Å²) in [5, 5.41) is 0. The number of hydrogen-bond acceptors (Lipinski definition) is 3. The number of rotatable bonds is 8. The average molecular weight is 590 g/mol. The summed E-state index contributed by atoms with van der Waals surface area (Å²) < 4.78 is 6.00. The van der Waals surface area contributed by atoms with Crippen LogP contribution in [0.25, 0.3) is 0 Å². The van der Waals surface area contributed by atoms with Crippen molar-refractivity contribution in [1.29, 1.82) is 0 Å². The van der Waals surface area contributed by atoms with Gasteiger partial charge in [0.05, 0.1) is 12.3 Å². The molecule has 0 radical (unpaired) electrons. The number of nitrogens with zero attached hydrogens (tertiary/aromatic N) is 1. The number of ketones is 1. The first-order valence-electron chi connectivity index (χ1n) is 17.3. The Balaban J connectivity index is 1.27. The zero-order valence-electron chi connectivity index (χ0n) is 27.6. The van der Waals surface area contributed by atoms with Crippen LogP contribution < -0.4 is 4.74 Å². The number of aliphatic imine (C=N–C) groups is 1. The third kappa shape index (κ3) is 6.58. The van der Waals surface area contributed by atoms with Crippen LogP contribution in [-0.2, 0) is 11.2 Å². The van der Waals surface area contributed by atoms with E-state index in [2.05, 4.69) is 70.2 Å². The maximum absolute atomic E-state index is 13.1. The Morgan fingerprint density at radius 1 is 0.955 bits per heavy atom. The summed E-state index contributed by atoms with van der Waals surface area (Å²) in [6, 6.07) is 17.9. The lowest BCUT2D eigenvalue weighted by Crippen LogP contribution is -2.33. The van der Waals surface area contributed by atoms with Crippen molar-refractivity contribution < 1.29 is 9.53 Å². The first kappa shape index (κ1) is 30.8. The lowest BCUT2D eigenvalue weighted by molar-refractivity contribution is -0.115. The van der Waals surface area contributed by atoms with Crippen molar-refractivity contribution in [2.24, 2.45) is 28.2 Å². The highest BCUT2D eigenvalue weighted by molar-refractivity contribution is 6.12. The zero-order chi connectivity index (χ0) is 30.8. The minimum atomic E-state index is -0.428. The van der Waals surface area contributed by atoms with Crippen molar-refractivity contribution in [2.45, 2.75) is 104 Å². The van der Waals surface area contributed by atoms with Gasteiger partial charge in [0.15, 0.2) is 5.78 Å². The van der Waals surface area contributed by atoms with E-state index in [4.69, 9.17) is 9.73 Å². The van der Waals surface area contributed by atoms with Crippen LogP contribution in [0.1, 0.15) is 115 Å². The Hall–Kier alpha value is -3.20. The van der Waals surface area contributed by atoms with E-state index in [1.165, 1.54) is 60.9 Å². The maximum Gasteiger partial charge on any atom is 0.156 e. The second kappa shape index (κ2) is 13.0. The van der Waals surface area contributed by atoms with Crippen LogP contribution in [0.2, 0.25) is 0 Å². The van der Waals surface area contributed by atoms with Crippen molar-refractivity contribution in [3.8, 4) is 5.75 Å². The van der Waals surface area contributed by atoms with E-state index in [0.29, 0.717) is 37.2 Å². The Morgan fingerprint density at radius 2 is 1.68 bits per heavy atom. The molecule has 0 amide bonds. The smallest absolute Gasteiger partial charge is 0.156 e. The summed E-state index contributed by atoms with van der Waals surface area (Å²) in [6.45, 7) is 12.0. The molecule has 0 saturated heterocycles. The molecule has 232 valence electrons. The van der Waals surface area contributed by atoms with Crippen LogP contribution in [0.4, 0.5) is 0 Å². The van der Waals surface area contributed by atoms with Gasteiger partial charge in [0, 0.05) is 29.4 Å². The topological polar surface area (TPSA) is 38.7 Å². The molecule has 0 bridgehead atoms. The SMILES string of the molecule is CCOc1ccccc1CC1(C)CC(=O)C=CC2=CC3CC3=C(C(C)C(C)c3ccc(C4CCCC(C)CCC4)cc3)N=C21. The van der Waals surface area contributed by atoms with Gasteiger partial charge in [-0.15, -0.1) is 0 Å². The van der Waals surface area contributed by atoms with E-state index < -0.39 is 5.41 Å². The monoisotopic (exact) mass is 589 g/mol. The normalized spacial score (nSPS) is 28.3. The molecule has 3 aliphatic carbocycles. The van der Waals surface area contributed by atoms with Gasteiger partial charge in [0.2, 0.25) is 0 Å². The van der Waals surface area contributed by atoms with Crippen LogP contribution >= 0.6 is 0 Å². The number of fused-ring (bicyclic) bond motifs is 2. The van der Waals surface area contributed by atoms with Crippen LogP contribution in [-0.4, -0.2) is 18.1 Å². The summed E-state index contributed by atoms with van der Waals surface area (Å²) in [5.74, 6) is 3.73. The van der Waals surface area contributed by atoms with E-state index in [0.717, 1.165) is 34.9 Å². The predicted molar refractivity (Wildman–Crippen MR) is 182 cm³/mol. The van der Waals surface area contributed by atoms with Gasteiger partial charge >= 0.3 is 0 Å². The fraction of sp³-hybridized carbons (Fsp3) is 0.512. The van der Waals surface area contributed by atoms with Gasteiger partial charge in [-0.25, -0.2) is 0 Å². The Labute approximate surface area is 265 Å². The number of ether oxygens (including phenoxy) is 1. The largest absolute Gasteiger partial charge is 0.494 e. The molecule has 44 heavy (non-hydrogen) atoms. The van der Waals surface area contributed by atoms with Crippen molar-refractivity contribution in [1.82, 2.24) is 0 Å². The van der Waals surface area contributed by atoms with E-state index in [-0.39, 0.29) is 11.7 Å². The first-order chi connectivity index (χ1) is 21.3. The van der Waals surface area contributed by atoms with Gasteiger partial charge in [0.1, 0.15) is 5.75 Å². The Kier molecular flexibility index (Phi) is 9.13. The molecule has 2 aromatic carbocycles. The molecular formula is C41H51NO2. The zero-order valence-corrected chi connectivity index (χ0v) is 27.6. The van der Waals surface area contributed by atoms with Gasteiger partial charge in [-0.1, -0.05) is 102 Å². The molecule has 4 unspecified atom stereocenters. The number of hydrogen-bond donors (Lipinski definition) is 0. The summed E-state index contributed by atoms with van der Waals surface area (Å²) in [6.07, 6.45) is 16.5. The average Bonchev–Trinajstić information content (AvgIpc) is 3.79. The number of benzene rings is 2. The standard InChI is InChI=1S/C41H51NO2/c1-6-44-38-16-8-7-13-34(38)25-41(5)26-36(43)22-21-33-23-35-24-37(35)39(42-40(33)41)29(4)28(3)30-17-19-32(20-18-30)31-14-9-11-27(2)12-10-15-31/h7-8,13,16-23,27-29,31,35H,6,9-12,14-15,24-26H2,1-5H3.